The van der Waals surface area contributed by atoms with Crippen molar-refractivity contribution in [3.8, 4) is 0 Å². The van der Waals surface area contributed by atoms with E-state index in [2.05, 4.69) is 30.4 Å². The topological polar surface area (TPSA) is 99.7 Å². The van der Waals surface area contributed by atoms with Gasteiger partial charge in [0.25, 0.3) is 0 Å². The highest BCUT2D eigenvalue weighted by Crippen LogP contribution is 2.13. The first-order valence-electron chi connectivity index (χ1n) is 11.4. The lowest BCUT2D eigenvalue weighted by molar-refractivity contribution is -0.120. The molecule has 0 unspecified atom stereocenters. The monoisotopic (exact) mass is 454 g/mol. The molecule has 2 aromatic rings. The number of anilines is 2. The molecule has 0 aliphatic carbocycles. The fourth-order valence-corrected chi connectivity index (χ4v) is 3.53. The van der Waals surface area contributed by atoms with E-state index in [-0.39, 0.29) is 5.91 Å². The summed E-state index contributed by atoms with van der Waals surface area (Å²) >= 11 is 0. The molecule has 178 valence electrons. The van der Waals surface area contributed by atoms with E-state index in [1.165, 1.54) is 0 Å². The number of hydrogen-bond acceptors (Lipinski definition) is 7. The molecule has 1 aromatic heterocycles. The zero-order valence-electron chi connectivity index (χ0n) is 19.7. The summed E-state index contributed by atoms with van der Waals surface area (Å²) < 4.78 is 5.24. The first kappa shape index (κ1) is 24.4. The van der Waals surface area contributed by atoms with Crippen molar-refractivity contribution in [3.63, 3.8) is 0 Å². The number of nitrogens with zero attached hydrogens (tertiary/aromatic N) is 4. The normalized spacial score (nSPS) is 14.6. The summed E-state index contributed by atoms with van der Waals surface area (Å²) in [5.74, 6) is 0.784. The van der Waals surface area contributed by atoms with Gasteiger partial charge in [0.2, 0.25) is 11.9 Å². The Kier molecular flexibility index (Phi) is 8.59. The Morgan fingerprint density at radius 1 is 1.03 bits per heavy atom. The van der Waals surface area contributed by atoms with Crippen LogP contribution in [0.4, 0.5) is 16.4 Å². The van der Waals surface area contributed by atoms with Gasteiger partial charge >= 0.3 is 6.09 Å². The Morgan fingerprint density at radius 3 is 2.33 bits per heavy atom. The van der Waals surface area contributed by atoms with Gasteiger partial charge in [0.1, 0.15) is 5.60 Å². The Labute approximate surface area is 195 Å². The molecule has 1 aliphatic rings. The molecule has 0 bridgehead atoms. The molecule has 2 amide bonds. The van der Waals surface area contributed by atoms with E-state index in [0.717, 1.165) is 50.7 Å². The van der Waals surface area contributed by atoms with Crippen LogP contribution in [-0.4, -0.2) is 71.7 Å². The van der Waals surface area contributed by atoms with Crippen molar-refractivity contribution in [3.05, 3.63) is 48.3 Å². The average Bonchev–Trinajstić information content (AvgIpc) is 2.78. The molecule has 0 atom stereocenters. The van der Waals surface area contributed by atoms with Gasteiger partial charge in [-0.25, -0.2) is 14.8 Å². The van der Waals surface area contributed by atoms with Crippen molar-refractivity contribution >= 4 is 23.6 Å². The van der Waals surface area contributed by atoms with Crippen LogP contribution in [0.3, 0.4) is 0 Å². The van der Waals surface area contributed by atoms with Crippen LogP contribution in [0.5, 0.6) is 0 Å². The molecule has 33 heavy (non-hydrogen) atoms. The molecule has 3 rings (SSSR count). The smallest absolute Gasteiger partial charge is 0.412 e. The van der Waals surface area contributed by atoms with Crippen LogP contribution in [0.25, 0.3) is 0 Å². The molecular weight excluding hydrogens is 420 g/mol. The number of aromatic nitrogens is 2. The van der Waals surface area contributed by atoms with E-state index in [1.54, 1.807) is 24.5 Å². The summed E-state index contributed by atoms with van der Waals surface area (Å²) in [5, 5.41) is 5.68. The lowest BCUT2D eigenvalue weighted by Gasteiger charge is -2.34. The number of piperazine rings is 1. The summed E-state index contributed by atoms with van der Waals surface area (Å²) in [7, 11) is 0. The van der Waals surface area contributed by atoms with Gasteiger partial charge in [-0.1, -0.05) is 12.1 Å². The molecule has 0 spiro atoms. The number of rotatable bonds is 8. The summed E-state index contributed by atoms with van der Waals surface area (Å²) in [5.41, 5.74) is 0.974. The molecular formula is C24H34N6O3. The van der Waals surface area contributed by atoms with E-state index < -0.39 is 11.7 Å². The predicted molar refractivity (Wildman–Crippen MR) is 128 cm³/mol. The fourth-order valence-electron chi connectivity index (χ4n) is 3.53. The standard InChI is InChI=1S/C24H34N6O3/c1-24(2,3)33-23(32)28-20-8-6-19(7-9-20)18-21(31)25-12-5-13-29-14-16-30(17-15-29)22-26-10-4-11-27-22/h4,6-11H,5,12-18H2,1-3H3,(H,25,31)(H,28,32). The minimum atomic E-state index is -0.548. The molecule has 9 heteroatoms. The molecule has 0 radical (unpaired) electrons. The van der Waals surface area contributed by atoms with Crippen molar-refractivity contribution in [2.45, 2.75) is 39.2 Å². The van der Waals surface area contributed by atoms with Crippen LogP contribution >= 0.6 is 0 Å². The minimum Gasteiger partial charge on any atom is -0.444 e. The molecule has 0 saturated carbocycles. The van der Waals surface area contributed by atoms with Crippen LogP contribution in [-0.2, 0) is 16.0 Å². The largest absolute Gasteiger partial charge is 0.444 e. The second kappa shape index (κ2) is 11.6. The Bertz CT molecular complexity index is 891. The first-order valence-corrected chi connectivity index (χ1v) is 11.4. The quantitative estimate of drug-likeness (QED) is 0.592. The Hall–Kier alpha value is -3.20. The molecule has 1 aliphatic heterocycles. The first-order chi connectivity index (χ1) is 15.8. The maximum Gasteiger partial charge on any atom is 0.412 e. The Balaban J connectivity index is 1.30. The third kappa shape index (κ3) is 8.69. The third-order valence-electron chi connectivity index (χ3n) is 5.14. The van der Waals surface area contributed by atoms with E-state index in [0.29, 0.717) is 18.7 Å². The van der Waals surface area contributed by atoms with E-state index in [1.807, 2.05) is 39.0 Å². The molecule has 2 heterocycles. The number of ether oxygens (including phenoxy) is 1. The van der Waals surface area contributed by atoms with Gasteiger partial charge in [0.15, 0.2) is 0 Å². The highest BCUT2D eigenvalue weighted by molar-refractivity contribution is 5.85. The maximum absolute atomic E-state index is 12.2. The van der Waals surface area contributed by atoms with Crippen molar-refractivity contribution in [1.82, 2.24) is 20.2 Å². The zero-order chi connectivity index (χ0) is 23.7. The summed E-state index contributed by atoms with van der Waals surface area (Å²) in [6.07, 6.45) is 4.26. The summed E-state index contributed by atoms with van der Waals surface area (Å²) in [6.45, 7) is 10.8. The number of nitrogens with one attached hydrogen (secondary N) is 2. The van der Waals surface area contributed by atoms with Crippen molar-refractivity contribution in [2.75, 3.05) is 49.5 Å². The van der Waals surface area contributed by atoms with Gasteiger partial charge in [-0.05, 0) is 57.5 Å². The number of hydrogen-bond donors (Lipinski definition) is 2. The lowest BCUT2D eigenvalue weighted by Crippen LogP contribution is -2.47. The predicted octanol–water partition coefficient (Wildman–Crippen LogP) is 2.69. The lowest BCUT2D eigenvalue weighted by atomic mass is 10.1. The molecule has 1 saturated heterocycles. The second-order valence-corrected chi connectivity index (χ2v) is 9.08. The van der Waals surface area contributed by atoms with Gasteiger partial charge < -0.3 is 15.0 Å². The number of carbonyl (C=O) groups is 2. The van der Waals surface area contributed by atoms with Gasteiger partial charge in [-0.3, -0.25) is 15.0 Å². The van der Waals surface area contributed by atoms with Crippen LogP contribution in [0.15, 0.2) is 42.7 Å². The van der Waals surface area contributed by atoms with Crippen LogP contribution in [0, 0.1) is 0 Å². The SMILES string of the molecule is CC(C)(C)OC(=O)Nc1ccc(CC(=O)NCCCN2CCN(c3ncccn3)CC2)cc1. The average molecular weight is 455 g/mol. The van der Waals surface area contributed by atoms with Crippen molar-refractivity contribution in [2.24, 2.45) is 0 Å². The molecule has 2 N–H and O–H groups in total. The van der Waals surface area contributed by atoms with Crippen LogP contribution in [0.2, 0.25) is 0 Å². The minimum absolute atomic E-state index is 0.00565. The fraction of sp³-hybridized carbons (Fsp3) is 0.500. The number of amides is 2. The molecule has 9 nitrogen and oxygen atoms in total. The Morgan fingerprint density at radius 2 is 1.70 bits per heavy atom. The van der Waals surface area contributed by atoms with Gasteiger partial charge in [0, 0.05) is 50.8 Å². The van der Waals surface area contributed by atoms with E-state index in [4.69, 9.17) is 4.74 Å². The highest BCUT2D eigenvalue weighted by atomic mass is 16.6. The van der Waals surface area contributed by atoms with E-state index in [9.17, 15) is 9.59 Å². The van der Waals surface area contributed by atoms with Crippen LogP contribution < -0.4 is 15.5 Å². The van der Waals surface area contributed by atoms with Gasteiger partial charge in [-0.15, -0.1) is 0 Å². The molecule has 1 fully saturated rings. The van der Waals surface area contributed by atoms with Gasteiger partial charge in [-0.2, -0.15) is 0 Å². The maximum atomic E-state index is 12.2. The summed E-state index contributed by atoms with van der Waals surface area (Å²) in [4.78, 5) is 37.3. The second-order valence-electron chi connectivity index (χ2n) is 9.08. The molecule has 1 aromatic carbocycles. The van der Waals surface area contributed by atoms with E-state index >= 15 is 0 Å². The highest BCUT2D eigenvalue weighted by Gasteiger charge is 2.18. The number of benzene rings is 1. The van der Waals surface area contributed by atoms with Crippen molar-refractivity contribution < 1.29 is 14.3 Å². The van der Waals surface area contributed by atoms with Gasteiger partial charge in [0.05, 0.1) is 6.42 Å². The van der Waals surface area contributed by atoms with Crippen LogP contribution in [0.1, 0.15) is 32.8 Å². The summed E-state index contributed by atoms with van der Waals surface area (Å²) in [6, 6.07) is 9.04. The zero-order valence-corrected chi connectivity index (χ0v) is 19.7. The third-order valence-corrected chi connectivity index (χ3v) is 5.14. The number of carbonyl (C=O) groups excluding carboxylic acids is 2. The van der Waals surface area contributed by atoms with Crippen molar-refractivity contribution in [1.29, 1.82) is 0 Å².